The fourth-order valence-corrected chi connectivity index (χ4v) is 3.54. The van der Waals surface area contributed by atoms with Gasteiger partial charge in [-0.15, -0.1) is 12.4 Å². The minimum absolute atomic E-state index is 0. The molecule has 1 saturated heterocycles. The van der Waals surface area contributed by atoms with Crippen LogP contribution in [0.2, 0.25) is 0 Å². The Bertz CT molecular complexity index is 861. The van der Waals surface area contributed by atoms with Crippen molar-refractivity contribution in [3.63, 3.8) is 0 Å². The fraction of sp³-hybridized carbons (Fsp3) is 0.409. The number of nitrogens with two attached hydrogens (primary N) is 1. The van der Waals surface area contributed by atoms with Crippen LogP contribution >= 0.6 is 12.4 Å². The van der Waals surface area contributed by atoms with E-state index in [1.54, 1.807) is 45.6 Å². The van der Waals surface area contributed by atoms with Crippen molar-refractivity contribution in [2.75, 3.05) is 41.0 Å². The van der Waals surface area contributed by atoms with E-state index in [0.717, 1.165) is 18.5 Å². The summed E-state index contributed by atoms with van der Waals surface area (Å²) in [6.07, 6.45) is 0.951. The summed E-state index contributed by atoms with van der Waals surface area (Å²) < 4.78 is 22.0. The number of hydrogen-bond acceptors (Lipinski definition) is 6. The molecule has 30 heavy (non-hydrogen) atoms. The maximum absolute atomic E-state index is 12.9. The molecule has 2 aromatic carbocycles. The lowest BCUT2D eigenvalue weighted by Crippen LogP contribution is -2.29. The van der Waals surface area contributed by atoms with E-state index in [4.69, 9.17) is 24.7 Å². The number of carbonyl (C=O) groups is 1. The minimum atomic E-state index is -0.0211. The number of ether oxygens (including phenoxy) is 4. The maximum Gasteiger partial charge on any atom is 0.254 e. The molecule has 0 spiro atoms. The summed E-state index contributed by atoms with van der Waals surface area (Å²) in [4.78, 5) is 14.8. The Hall–Kier alpha value is -2.48. The highest BCUT2D eigenvalue weighted by atomic mass is 35.5. The minimum Gasteiger partial charge on any atom is -0.496 e. The summed E-state index contributed by atoms with van der Waals surface area (Å²) in [5, 5.41) is 0. The van der Waals surface area contributed by atoms with Gasteiger partial charge < -0.3 is 29.6 Å². The largest absolute Gasteiger partial charge is 0.496 e. The molecule has 164 valence electrons. The molecule has 1 amide bonds. The number of methoxy groups -OCH3 is 3. The van der Waals surface area contributed by atoms with Gasteiger partial charge in [0.15, 0.2) is 11.5 Å². The van der Waals surface area contributed by atoms with Crippen LogP contribution in [0.1, 0.15) is 22.3 Å². The first kappa shape index (κ1) is 23.8. The molecule has 7 nitrogen and oxygen atoms in total. The van der Waals surface area contributed by atoms with Crippen LogP contribution < -0.4 is 19.9 Å². The van der Waals surface area contributed by atoms with E-state index in [9.17, 15) is 4.79 Å². The third-order valence-electron chi connectivity index (χ3n) is 5.09. The number of halogens is 1. The average molecular weight is 437 g/mol. The third-order valence-corrected chi connectivity index (χ3v) is 5.09. The number of rotatable bonds is 8. The Kier molecular flexibility index (Phi) is 8.77. The first-order chi connectivity index (χ1) is 14.1. The lowest BCUT2D eigenvalue weighted by molar-refractivity contribution is 0.0775. The molecule has 2 aromatic rings. The van der Waals surface area contributed by atoms with Crippen molar-refractivity contribution in [2.24, 2.45) is 11.7 Å². The molecule has 1 heterocycles. The quantitative estimate of drug-likeness (QED) is 0.682. The molecule has 0 saturated carbocycles. The Balaban J connectivity index is 0.00000320. The summed E-state index contributed by atoms with van der Waals surface area (Å²) in [7, 11) is 4.84. The van der Waals surface area contributed by atoms with Gasteiger partial charge in [0, 0.05) is 49.9 Å². The Morgan fingerprint density at radius 1 is 1.07 bits per heavy atom. The monoisotopic (exact) mass is 436 g/mol. The Labute approximate surface area is 183 Å². The van der Waals surface area contributed by atoms with E-state index >= 15 is 0 Å². The van der Waals surface area contributed by atoms with Gasteiger partial charge in [0.05, 0.1) is 20.8 Å². The van der Waals surface area contributed by atoms with E-state index in [0.29, 0.717) is 54.2 Å². The molecule has 1 aliphatic rings. The summed E-state index contributed by atoms with van der Waals surface area (Å²) in [5.74, 6) is 2.59. The van der Waals surface area contributed by atoms with E-state index in [-0.39, 0.29) is 18.3 Å². The second-order valence-electron chi connectivity index (χ2n) is 7.01. The molecule has 1 unspecified atom stereocenters. The van der Waals surface area contributed by atoms with Gasteiger partial charge in [-0.3, -0.25) is 4.79 Å². The van der Waals surface area contributed by atoms with Crippen molar-refractivity contribution in [1.29, 1.82) is 0 Å². The van der Waals surface area contributed by atoms with Crippen molar-refractivity contribution in [3.05, 3.63) is 47.5 Å². The summed E-state index contributed by atoms with van der Waals surface area (Å²) in [5.41, 5.74) is 7.17. The highest BCUT2D eigenvalue weighted by Gasteiger charge is 2.27. The van der Waals surface area contributed by atoms with Gasteiger partial charge in [-0.25, -0.2) is 0 Å². The molecule has 2 N–H and O–H groups in total. The molecular formula is C22H29ClN2O5. The van der Waals surface area contributed by atoms with E-state index in [1.807, 2.05) is 17.0 Å². The van der Waals surface area contributed by atoms with Gasteiger partial charge in [-0.2, -0.15) is 0 Å². The fourth-order valence-electron chi connectivity index (χ4n) is 3.54. The maximum atomic E-state index is 12.9. The molecule has 1 aliphatic heterocycles. The molecule has 0 aromatic heterocycles. The van der Waals surface area contributed by atoms with Gasteiger partial charge in [0.25, 0.3) is 5.91 Å². The Morgan fingerprint density at radius 3 is 2.50 bits per heavy atom. The first-order valence-corrected chi connectivity index (χ1v) is 9.60. The summed E-state index contributed by atoms with van der Waals surface area (Å²) in [6, 6.07) is 10.7. The van der Waals surface area contributed by atoms with Crippen molar-refractivity contribution in [1.82, 2.24) is 4.90 Å². The van der Waals surface area contributed by atoms with Crippen LogP contribution in [0, 0.1) is 5.92 Å². The molecular weight excluding hydrogens is 408 g/mol. The number of amides is 1. The number of hydrogen-bond donors (Lipinski definition) is 1. The molecule has 0 aliphatic carbocycles. The lowest BCUT2D eigenvalue weighted by atomic mass is 10.1. The number of carbonyl (C=O) groups excluding carboxylic acids is 1. The van der Waals surface area contributed by atoms with Crippen LogP contribution in [0.4, 0.5) is 0 Å². The van der Waals surface area contributed by atoms with Gasteiger partial charge in [0.2, 0.25) is 0 Å². The van der Waals surface area contributed by atoms with Crippen molar-refractivity contribution < 1.29 is 23.7 Å². The standard InChI is InChI=1S/C22H28N2O5.ClH/c1-26-14-15-8-9-24(13-15)22(25)16-5-7-19(27-2)21(10-16)29-18-6-4-17(12-23)20(11-18)28-3;/h4-7,10-11,15H,8-9,12-14,23H2,1-3H3;1H. The van der Waals surface area contributed by atoms with Crippen LogP contribution in [0.5, 0.6) is 23.0 Å². The highest BCUT2D eigenvalue weighted by molar-refractivity contribution is 5.95. The first-order valence-electron chi connectivity index (χ1n) is 9.60. The van der Waals surface area contributed by atoms with Crippen LogP contribution in [-0.4, -0.2) is 51.8 Å². The van der Waals surface area contributed by atoms with Gasteiger partial charge in [-0.05, 0) is 30.7 Å². The normalized spacial score (nSPS) is 15.5. The smallest absolute Gasteiger partial charge is 0.254 e. The SMILES string of the molecule is COCC1CCN(C(=O)c2ccc(OC)c(Oc3ccc(CN)c(OC)c3)c2)C1.Cl. The van der Waals surface area contributed by atoms with Gasteiger partial charge in [-0.1, -0.05) is 6.07 Å². The third kappa shape index (κ3) is 5.36. The lowest BCUT2D eigenvalue weighted by Gasteiger charge is -2.18. The summed E-state index contributed by atoms with van der Waals surface area (Å²) >= 11 is 0. The van der Waals surface area contributed by atoms with Gasteiger partial charge in [0.1, 0.15) is 11.5 Å². The van der Waals surface area contributed by atoms with Crippen LogP contribution in [0.25, 0.3) is 0 Å². The predicted octanol–water partition coefficient (Wildman–Crippen LogP) is 3.49. The second-order valence-corrected chi connectivity index (χ2v) is 7.01. The van der Waals surface area contributed by atoms with Crippen LogP contribution in [-0.2, 0) is 11.3 Å². The zero-order chi connectivity index (χ0) is 20.8. The van der Waals surface area contributed by atoms with Crippen LogP contribution in [0.15, 0.2) is 36.4 Å². The van der Waals surface area contributed by atoms with E-state index in [1.165, 1.54) is 0 Å². The predicted molar refractivity (Wildman–Crippen MR) is 117 cm³/mol. The number of likely N-dealkylation sites (tertiary alicyclic amines) is 1. The molecule has 1 fully saturated rings. The zero-order valence-electron chi connectivity index (χ0n) is 17.6. The van der Waals surface area contributed by atoms with Crippen molar-refractivity contribution in [3.8, 4) is 23.0 Å². The molecule has 0 radical (unpaired) electrons. The van der Waals surface area contributed by atoms with Crippen molar-refractivity contribution >= 4 is 18.3 Å². The summed E-state index contributed by atoms with van der Waals surface area (Å²) in [6.45, 7) is 2.47. The number of benzene rings is 2. The highest BCUT2D eigenvalue weighted by Crippen LogP contribution is 2.35. The van der Waals surface area contributed by atoms with Crippen molar-refractivity contribution in [2.45, 2.75) is 13.0 Å². The second kappa shape index (κ2) is 11.1. The number of nitrogens with zero attached hydrogens (tertiary/aromatic N) is 1. The molecule has 0 bridgehead atoms. The molecule has 3 rings (SSSR count). The zero-order valence-corrected chi connectivity index (χ0v) is 18.4. The van der Waals surface area contributed by atoms with E-state index < -0.39 is 0 Å². The van der Waals surface area contributed by atoms with E-state index in [2.05, 4.69) is 0 Å². The average Bonchev–Trinajstić information content (AvgIpc) is 3.22. The molecule has 1 atom stereocenters. The topological polar surface area (TPSA) is 83.2 Å². The molecule has 8 heteroatoms. The Morgan fingerprint density at radius 2 is 1.83 bits per heavy atom. The van der Waals surface area contributed by atoms with Gasteiger partial charge >= 0.3 is 0 Å². The van der Waals surface area contributed by atoms with Crippen LogP contribution in [0.3, 0.4) is 0 Å².